The molecule has 0 spiro atoms. The summed E-state index contributed by atoms with van der Waals surface area (Å²) >= 11 is 3.48. The molecule has 0 aliphatic carbocycles. The van der Waals surface area contributed by atoms with Crippen LogP contribution in [0.2, 0.25) is 0 Å². The van der Waals surface area contributed by atoms with Crippen molar-refractivity contribution in [3.8, 4) is 0 Å². The summed E-state index contributed by atoms with van der Waals surface area (Å²) in [5, 5.41) is 3.05. The minimum absolute atomic E-state index is 0.101. The predicted octanol–water partition coefficient (Wildman–Crippen LogP) is 2.50. The van der Waals surface area contributed by atoms with Gasteiger partial charge in [0.25, 0.3) is 5.91 Å². The molecule has 2 fully saturated rings. The van der Waals surface area contributed by atoms with Gasteiger partial charge in [-0.2, -0.15) is 0 Å². The molecule has 4 nitrogen and oxygen atoms in total. The molecule has 1 aromatic carbocycles. The highest BCUT2D eigenvalue weighted by Crippen LogP contribution is 2.27. The quantitative estimate of drug-likeness (QED) is 0.845. The van der Waals surface area contributed by atoms with Gasteiger partial charge in [0.05, 0.1) is 0 Å². The standard InChI is InChI=1S/C16H19BrN2O2/c1-10-12(3-2-4-13(10)17)16(21)19-8-7-14-11(9-19)5-6-15(20)18-14/h2-4,11,14H,5-9H2,1H3,(H,18,20). The van der Waals surface area contributed by atoms with E-state index in [9.17, 15) is 9.59 Å². The lowest BCUT2D eigenvalue weighted by Gasteiger charge is -2.41. The lowest BCUT2D eigenvalue weighted by Crippen LogP contribution is -2.55. The second-order valence-electron chi connectivity index (χ2n) is 5.93. The molecule has 2 unspecified atom stereocenters. The van der Waals surface area contributed by atoms with E-state index in [1.165, 1.54) is 0 Å². The highest BCUT2D eigenvalue weighted by Gasteiger charge is 2.35. The second-order valence-corrected chi connectivity index (χ2v) is 6.78. The Bertz CT molecular complexity index is 588. The summed E-state index contributed by atoms with van der Waals surface area (Å²) < 4.78 is 0.966. The second kappa shape index (κ2) is 5.79. The van der Waals surface area contributed by atoms with Gasteiger partial charge in [-0.25, -0.2) is 0 Å². The molecule has 1 aromatic rings. The van der Waals surface area contributed by atoms with Crippen molar-refractivity contribution in [2.75, 3.05) is 13.1 Å². The van der Waals surface area contributed by atoms with E-state index in [-0.39, 0.29) is 17.9 Å². The summed E-state index contributed by atoms with van der Waals surface area (Å²) in [6.45, 7) is 3.42. The highest BCUT2D eigenvalue weighted by atomic mass is 79.9. The molecule has 5 heteroatoms. The monoisotopic (exact) mass is 350 g/mol. The first-order valence-corrected chi connectivity index (χ1v) is 8.19. The first-order valence-electron chi connectivity index (χ1n) is 7.40. The SMILES string of the molecule is Cc1c(Br)cccc1C(=O)N1CCC2NC(=O)CCC2C1. The summed E-state index contributed by atoms with van der Waals surface area (Å²) in [6, 6.07) is 5.99. The number of hydrogen-bond donors (Lipinski definition) is 1. The maximum atomic E-state index is 12.7. The van der Waals surface area contributed by atoms with E-state index >= 15 is 0 Å². The summed E-state index contributed by atoms with van der Waals surface area (Å²) in [5.74, 6) is 0.649. The number of rotatable bonds is 1. The van der Waals surface area contributed by atoms with Crippen LogP contribution in [-0.4, -0.2) is 35.8 Å². The molecule has 0 aromatic heterocycles. The van der Waals surface area contributed by atoms with Crippen molar-refractivity contribution in [3.63, 3.8) is 0 Å². The zero-order valence-corrected chi connectivity index (χ0v) is 13.6. The minimum atomic E-state index is 0.101. The molecule has 2 saturated heterocycles. The van der Waals surface area contributed by atoms with E-state index in [1.807, 2.05) is 30.0 Å². The number of hydrogen-bond acceptors (Lipinski definition) is 2. The van der Waals surface area contributed by atoms with Crippen LogP contribution in [-0.2, 0) is 4.79 Å². The molecular weight excluding hydrogens is 332 g/mol. The summed E-state index contributed by atoms with van der Waals surface area (Å²) in [7, 11) is 0. The topological polar surface area (TPSA) is 49.4 Å². The van der Waals surface area contributed by atoms with Gasteiger partial charge in [0.1, 0.15) is 0 Å². The smallest absolute Gasteiger partial charge is 0.254 e. The minimum Gasteiger partial charge on any atom is -0.353 e. The average Bonchev–Trinajstić information content (AvgIpc) is 2.49. The van der Waals surface area contributed by atoms with E-state index in [1.54, 1.807) is 0 Å². The van der Waals surface area contributed by atoms with Crippen LogP contribution in [0.15, 0.2) is 22.7 Å². The predicted molar refractivity (Wildman–Crippen MR) is 84.1 cm³/mol. The molecule has 2 heterocycles. The molecule has 3 rings (SSSR count). The number of likely N-dealkylation sites (tertiary alicyclic amines) is 1. The van der Waals surface area contributed by atoms with Crippen molar-refractivity contribution in [1.29, 1.82) is 0 Å². The molecule has 2 aliphatic heterocycles. The molecule has 2 atom stereocenters. The molecule has 0 saturated carbocycles. The molecular formula is C16H19BrN2O2. The van der Waals surface area contributed by atoms with Crippen LogP contribution in [0.25, 0.3) is 0 Å². The van der Waals surface area contributed by atoms with Crippen molar-refractivity contribution >= 4 is 27.7 Å². The molecule has 2 aliphatic rings. The number of benzene rings is 1. The van der Waals surface area contributed by atoms with Crippen molar-refractivity contribution in [2.45, 2.75) is 32.2 Å². The first-order chi connectivity index (χ1) is 10.1. The van der Waals surface area contributed by atoms with Gasteiger partial charge in [-0.05, 0) is 43.4 Å². The number of amides is 2. The Morgan fingerprint density at radius 1 is 1.38 bits per heavy atom. The van der Waals surface area contributed by atoms with Crippen LogP contribution in [0.1, 0.15) is 35.2 Å². The van der Waals surface area contributed by atoms with E-state index < -0.39 is 0 Å². The third kappa shape index (κ3) is 2.84. The number of carbonyl (C=O) groups excluding carboxylic acids is 2. The largest absolute Gasteiger partial charge is 0.353 e. The van der Waals surface area contributed by atoms with Gasteiger partial charge in [-0.15, -0.1) is 0 Å². The van der Waals surface area contributed by atoms with Gasteiger partial charge < -0.3 is 10.2 Å². The van der Waals surface area contributed by atoms with Crippen LogP contribution in [0.4, 0.5) is 0 Å². The number of halogens is 1. The van der Waals surface area contributed by atoms with E-state index in [4.69, 9.17) is 0 Å². The highest BCUT2D eigenvalue weighted by molar-refractivity contribution is 9.10. The Morgan fingerprint density at radius 3 is 3.00 bits per heavy atom. The lowest BCUT2D eigenvalue weighted by atomic mass is 9.85. The molecule has 21 heavy (non-hydrogen) atoms. The number of nitrogens with one attached hydrogen (secondary N) is 1. The Kier molecular flexibility index (Phi) is 4.02. The van der Waals surface area contributed by atoms with Crippen LogP contribution >= 0.6 is 15.9 Å². The van der Waals surface area contributed by atoms with Gasteiger partial charge >= 0.3 is 0 Å². The van der Waals surface area contributed by atoms with E-state index in [2.05, 4.69) is 21.2 Å². The van der Waals surface area contributed by atoms with Crippen LogP contribution in [0.3, 0.4) is 0 Å². The average molecular weight is 351 g/mol. The van der Waals surface area contributed by atoms with Crippen molar-refractivity contribution in [2.24, 2.45) is 5.92 Å². The Balaban J connectivity index is 1.75. The van der Waals surface area contributed by atoms with Crippen molar-refractivity contribution < 1.29 is 9.59 Å². The summed E-state index contributed by atoms with van der Waals surface area (Å²) in [4.78, 5) is 26.1. The number of nitrogens with zero attached hydrogens (tertiary/aromatic N) is 1. The number of fused-ring (bicyclic) bond motifs is 1. The molecule has 1 N–H and O–H groups in total. The fourth-order valence-electron chi connectivity index (χ4n) is 3.30. The maximum absolute atomic E-state index is 12.7. The fourth-order valence-corrected chi connectivity index (χ4v) is 3.67. The molecule has 2 amide bonds. The van der Waals surface area contributed by atoms with Crippen LogP contribution < -0.4 is 5.32 Å². The molecule has 112 valence electrons. The van der Waals surface area contributed by atoms with E-state index in [0.717, 1.165) is 35.0 Å². The van der Waals surface area contributed by atoms with Gasteiger partial charge in [0, 0.05) is 35.6 Å². The lowest BCUT2D eigenvalue weighted by molar-refractivity contribution is -0.125. The fraction of sp³-hybridized carbons (Fsp3) is 0.500. The third-order valence-corrected chi connectivity index (χ3v) is 5.47. The van der Waals surface area contributed by atoms with Crippen molar-refractivity contribution in [1.82, 2.24) is 10.2 Å². The zero-order valence-electron chi connectivity index (χ0n) is 12.1. The molecule has 0 bridgehead atoms. The van der Waals surface area contributed by atoms with Gasteiger partial charge in [-0.3, -0.25) is 9.59 Å². The van der Waals surface area contributed by atoms with Gasteiger partial charge in [-0.1, -0.05) is 22.0 Å². The summed E-state index contributed by atoms with van der Waals surface area (Å²) in [5.41, 5.74) is 1.75. The van der Waals surface area contributed by atoms with Crippen LogP contribution in [0, 0.1) is 12.8 Å². The Morgan fingerprint density at radius 2 is 2.19 bits per heavy atom. The van der Waals surface area contributed by atoms with Gasteiger partial charge in [0.15, 0.2) is 0 Å². The Labute approximate surface area is 133 Å². The van der Waals surface area contributed by atoms with Gasteiger partial charge in [0.2, 0.25) is 5.91 Å². The van der Waals surface area contributed by atoms with Crippen molar-refractivity contribution in [3.05, 3.63) is 33.8 Å². The normalized spacial score (nSPS) is 25.2. The molecule has 0 radical (unpaired) electrons. The third-order valence-electron chi connectivity index (χ3n) is 4.61. The number of carbonyl (C=O) groups is 2. The van der Waals surface area contributed by atoms with E-state index in [0.29, 0.717) is 18.9 Å². The van der Waals surface area contributed by atoms with Crippen LogP contribution in [0.5, 0.6) is 0 Å². The number of piperidine rings is 2. The first kappa shape index (κ1) is 14.6. The zero-order chi connectivity index (χ0) is 15.0. The maximum Gasteiger partial charge on any atom is 0.254 e. The summed E-state index contributed by atoms with van der Waals surface area (Å²) in [6.07, 6.45) is 2.33. The Hall–Kier alpha value is -1.36.